The Labute approximate surface area is 118 Å². The van der Waals surface area contributed by atoms with Crippen LogP contribution in [0.1, 0.15) is 24.5 Å². The SMILES string of the molecule is CN1CCC(CNCC(O)c2c(F)cccc2F)CC1. The van der Waals surface area contributed by atoms with E-state index in [1.165, 1.54) is 18.2 Å². The lowest BCUT2D eigenvalue weighted by Crippen LogP contribution is -2.36. The van der Waals surface area contributed by atoms with Crippen LogP contribution in [0.4, 0.5) is 8.78 Å². The average Bonchev–Trinajstić information content (AvgIpc) is 2.41. The molecule has 2 N–H and O–H groups in total. The number of nitrogens with one attached hydrogen (secondary N) is 1. The molecule has 5 heteroatoms. The van der Waals surface area contributed by atoms with Crippen LogP contribution >= 0.6 is 0 Å². The molecule has 20 heavy (non-hydrogen) atoms. The van der Waals surface area contributed by atoms with Gasteiger partial charge in [0.05, 0.1) is 11.7 Å². The maximum Gasteiger partial charge on any atom is 0.131 e. The summed E-state index contributed by atoms with van der Waals surface area (Å²) in [5.41, 5.74) is -0.247. The first-order chi connectivity index (χ1) is 9.58. The molecule has 1 aromatic carbocycles. The van der Waals surface area contributed by atoms with E-state index < -0.39 is 17.7 Å². The number of halogens is 2. The average molecular weight is 284 g/mol. The van der Waals surface area contributed by atoms with Crippen LogP contribution in [0.5, 0.6) is 0 Å². The number of aliphatic hydroxyl groups is 1. The number of hydrogen-bond acceptors (Lipinski definition) is 3. The number of nitrogens with zero attached hydrogens (tertiary/aromatic N) is 1. The maximum atomic E-state index is 13.5. The fraction of sp³-hybridized carbons (Fsp3) is 0.600. The largest absolute Gasteiger partial charge is 0.387 e. The Morgan fingerprint density at radius 3 is 2.50 bits per heavy atom. The quantitative estimate of drug-likeness (QED) is 0.867. The minimum absolute atomic E-state index is 0.171. The van der Waals surface area contributed by atoms with E-state index in [1.54, 1.807) is 0 Å². The summed E-state index contributed by atoms with van der Waals surface area (Å²) in [6.45, 7) is 3.11. The molecular formula is C15H22F2N2O. The molecule has 1 aliphatic rings. The molecule has 3 nitrogen and oxygen atoms in total. The van der Waals surface area contributed by atoms with E-state index in [4.69, 9.17) is 0 Å². The van der Waals surface area contributed by atoms with Gasteiger partial charge in [-0.25, -0.2) is 8.78 Å². The molecule has 1 atom stereocenters. The molecule has 2 rings (SSSR count). The van der Waals surface area contributed by atoms with Crippen LogP contribution in [0.15, 0.2) is 18.2 Å². The van der Waals surface area contributed by atoms with Crippen LogP contribution in [0.2, 0.25) is 0 Å². The molecule has 1 heterocycles. The molecule has 0 radical (unpaired) electrons. The van der Waals surface area contributed by atoms with Gasteiger partial charge in [-0.05, 0) is 57.6 Å². The predicted molar refractivity (Wildman–Crippen MR) is 74.4 cm³/mol. The molecular weight excluding hydrogens is 262 g/mol. The van der Waals surface area contributed by atoms with Crippen LogP contribution < -0.4 is 5.32 Å². The summed E-state index contributed by atoms with van der Waals surface area (Å²) in [5.74, 6) is -0.818. The maximum absolute atomic E-state index is 13.5. The van der Waals surface area contributed by atoms with Crippen molar-refractivity contribution in [1.29, 1.82) is 0 Å². The van der Waals surface area contributed by atoms with Crippen molar-refractivity contribution in [2.24, 2.45) is 5.92 Å². The molecule has 112 valence electrons. The van der Waals surface area contributed by atoms with Gasteiger partial charge < -0.3 is 15.3 Å². The first kappa shape index (κ1) is 15.4. The summed E-state index contributed by atoms with van der Waals surface area (Å²) in [6.07, 6.45) is 1.09. The van der Waals surface area contributed by atoms with Crippen LogP contribution in [0.3, 0.4) is 0 Å². The molecule has 0 aromatic heterocycles. The molecule has 0 amide bonds. The Bertz CT molecular complexity index is 414. The van der Waals surface area contributed by atoms with Gasteiger partial charge >= 0.3 is 0 Å². The summed E-state index contributed by atoms with van der Waals surface area (Å²) in [5, 5.41) is 13.0. The van der Waals surface area contributed by atoms with Gasteiger partial charge in [0.15, 0.2) is 0 Å². The normalized spacial score (nSPS) is 19.2. The Balaban J connectivity index is 1.79. The minimum atomic E-state index is -1.15. The first-order valence-electron chi connectivity index (χ1n) is 7.09. The number of piperidine rings is 1. The summed E-state index contributed by atoms with van der Waals surface area (Å²) < 4.78 is 27.0. The highest BCUT2D eigenvalue weighted by atomic mass is 19.1. The van der Waals surface area contributed by atoms with Crippen LogP contribution in [-0.2, 0) is 0 Å². The van der Waals surface area contributed by atoms with Crippen molar-refractivity contribution in [1.82, 2.24) is 10.2 Å². The van der Waals surface area contributed by atoms with E-state index >= 15 is 0 Å². The van der Waals surface area contributed by atoms with Crippen LogP contribution in [0, 0.1) is 17.6 Å². The zero-order chi connectivity index (χ0) is 14.5. The zero-order valence-electron chi connectivity index (χ0n) is 11.8. The highest BCUT2D eigenvalue weighted by molar-refractivity contribution is 5.22. The smallest absolute Gasteiger partial charge is 0.131 e. The molecule has 0 saturated carbocycles. The van der Waals surface area contributed by atoms with Crippen LogP contribution in [-0.4, -0.2) is 43.2 Å². The van der Waals surface area contributed by atoms with E-state index in [9.17, 15) is 13.9 Å². The summed E-state index contributed by atoms with van der Waals surface area (Å²) >= 11 is 0. The van der Waals surface area contributed by atoms with E-state index in [1.807, 2.05) is 0 Å². The molecule has 0 spiro atoms. The zero-order valence-corrected chi connectivity index (χ0v) is 11.8. The second kappa shape index (κ2) is 7.11. The first-order valence-corrected chi connectivity index (χ1v) is 7.09. The summed E-state index contributed by atoms with van der Waals surface area (Å²) in [6, 6.07) is 3.63. The second-order valence-electron chi connectivity index (χ2n) is 5.56. The fourth-order valence-corrected chi connectivity index (χ4v) is 2.62. The number of likely N-dealkylation sites (tertiary alicyclic amines) is 1. The van der Waals surface area contributed by atoms with Crippen LogP contribution in [0.25, 0.3) is 0 Å². The standard InChI is InChI=1S/C15H22F2N2O/c1-19-7-5-11(6-8-19)9-18-10-14(20)15-12(16)3-2-4-13(15)17/h2-4,11,14,18,20H,5-10H2,1H3. The fourth-order valence-electron chi connectivity index (χ4n) is 2.62. The van der Waals surface area contributed by atoms with Gasteiger partial charge in [0, 0.05) is 6.54 Å². The molecule has 1 unspecified atom stereocenters. The van der Waals surface area contributed by atoms with Crippen molar-refractivity contribution in [2.45, 2.75) is 18.9 Å². The van der Waals surface area contributed by atoms with Gasteiger partial charge in [-0.2, -0.15) is 0 Å². The van der Waals surface area contributed by atoms with Gasteiger partial charge in [-0.1, -0.05) is 6.07 Å². The van der Waals surface area contributed by atoms with Gasteiger partial charge in [0.2, 0.25) is 0 Å². The number of benzene rings is 1. The van der Waals surface area contributed by atoms with Gasteiger partial charge in [-0.3, -0.25) is 0 Å². The van der Waals surface area contributed by atoms with Gasteiger partial charge in [0.1, 0.15) is 11.6 Å². The van der Waals surface area contributed by atoms with Crippen molar-refractivity contribution in [3.8, 4) is 0 Å². The van der Waals surface area contributed by atoms with E-state index in [0.29, 0.717) is 5.92 Å². The third-order valence-electron chi connectivity index (χ3n) is 3.94. The number of aliphatic hydroxyl groups excluding tert-OH is 1. The number of hydrogen-bond donors (Lipinski definition) is 2. The highest BCUT2D eigenvalue weighted by Gasteiger charge is 2.19. The number of rotatable bonds is 5. The molecule has 1 aromatic rings. The third-order valence-corrected chi connectivity index (χ3v) is 3.94. The minimum Gasteiger partial charge on any atom is -0.387 e. The molecule has 1 saturated heterocycles. The monoisotopic (exact) mass is 284 g/mol. The van der Waals surface area contributed by atoms with Crippen molar-refractivity contribution >= 4 is 0 Å². The Morgan fingerprint density at radius 2 is 1.90 bits per heavy atom. The van der Waals surface area contributed by atoms with E-state index in [0.717, 1.165) is 32.5 Å². The topological polar surface area (TPSA) is 35.5 Å². The molecule has 0 bridgehead atoms. The molecule has 1 aliphatic heterocycles. The lowest BCUT2D eigenvalue weighted by molar-refractivity contribution is 0.157. The highest BCUT2D eigenvalue weighted by Crippen LogP contribution is 2.20. The van der Waals surface area contributed by atoms with E-state index in [2.05, 4.69) is 17.3 Å². The Morgan fingerprint density at radius 1 is 1.30 bits per heavy atom. The van der Waals surface area contributed by atoms with Crippen molar-refractivity contribution in [3.63, 3.8) is 0 Å². The Kier molecular flexibility index (Phi) is 5.46. The lowest BCUT2D eigenvalue weighted by atomic mass is 9.97. The van der Waals surface area contributed by atoms with Crippen molar-refractivity contribution in [3.05, 3.63) is 35.4 Å². The van der Waals surface area contributed by atoms with Gasteiger partial charge in [0.25, 0.3) is 0 Å². The third kappa shape index (κ3) is 3.98. The van der Waals surface area contributed by atoms with E-state index in [-0.39, 0.29) is 12.1 Å². The summed E-state index contributed by atoms with van der Waals surface area (Å²) in [7, 11) is 2.11. The summed E-state index contributed by atoms with van der Waals surface area (Å²) in [4.78, 5) is 2.29. The molecule has 0 aliphatic carbocycles. The predicted octanol–water partition coefficient (Wildman–Crippen LogP) is 1.93. The molecule has 1 fully saturated rings. The van der Waals surface area contributed by atoms with Gasteiger partial charge in [-0.15, -0.1) is 0 Å². The van der Waals surface area contributed by atoms with Crippen molar-refractivity contribution < 1.29 is 13.9 Å². The lowest BCUT2D eigenvalue weighted by Gasteiger charge is -2.29. The Hall–Kier alpha value is -1.04. The van der Waals surface area contributed by atoms with Crippen molar-refractivity contribution in [2.75, 3.05) is 33.2 Å². The second-order valence-corrected chi connectivity index (χ2v) is 5.56.